The van der Waals surface area contributed by atoms with Crippen molar-refractivity contribution in [1.29, 1.82) is 0 Å². The minimum Gasteiger partial charge on any atom is -0.322 e. The highest BCUT2D eigenvalue weighted by Gasteiger charge is 2.53. The maximum absolute atomic E-state index is 12.6. The summed E-state index contributed by atoms with van der Waals surface area (Å²) >= 11 is 3.24. The van der Waals surface area contributed by atoms with E-state index in [4.69, 9.17) is 0 Å². The number of urea groups is 1. The standard InChI is InChI=1S/C12H12BrN3O4S/c13-8-2-1-3-9(6-8)21(19,20)16-5-4-12(7-16)10(17)14-11(18)15-12/h1-3,6H,4-5,7H2,(H2,14,15,17,18). The van der Waals surface area contributed by atoms with Gasteiger partial charge < -0.3 is 5.32 Å². The van der Waals surface area contributed by atoms with Crippen molar-refractivity contribution >= 4 is 37.9 Å². The first-order chi connectivity index (χ1) is 9.83. The molecule has 9 heteroatoms. The number of imide groups is 1. The number of hydrogen-bond donors (Lipinski definition) is 2. The molecule has 1 unspecified atom stereocenters. The van der Waals surface area contributed by atoms with Crippen molar-refractivity contribution in [3.05, 3.63) is 28.7 Å². The lowest BCUT2D eigenvalue weighted by atomic mass is 10.00. The molecule has 1 spiro atoms. The summed E-state index contributed by atoms with van der Waals surface area (Å²) in [4.78, 5) is 23.3. The molecule has 1 aromatic carbocycles. The Morgan fingerprint density at radius 3 is 2.67 bits per heavy atom. The first-order valence-electron chi connectivity index (χ1n) is 6.23. The normalized spacial score (nSPS) is 26.1. The van der Waals surface area contributed by atoms with E-state index in [9.17, 15) is 18.0 Å². The van der Waals surface area contributed by atoms with Crippen LogP contribution in [0.3, 0.4) is 0 Å². The molecule has 3 amide bonds. The lowest BCUT2D eigenvalue weighted by molar-refractivity contribution is -0.123. The predicted octanol–water partition coefficient (Wildman–Crippen LogP) is 0.422. The quantitative estimate of drug-likeness (QED) is 0.734. The van der Waals surface area contributed by atoms with Crippen LogP contribution < -0.4 is 10.6 Å². The van der Waals surface area contributed by atoms with Crippen molar-refractivity contribution in [3.63, 3.8) is 0 Å². The zero-order valence-corrected chi connectivity index (χ0v) is 13.2. The molecule has 2 aliphatic heterocycles. The number of sulfonamides is 1. The number of carbonyl (C=O) groups excluding carboxylic acids is 2. The molecule has 3 rings (SSSR count). The Balaban J connectivity index is 1.89. The van der Waals surface area contributed by atoms with Crippen molar-refractivity contribution in [2.24, 2.45) is 0 Å². The number of halogens is 1. The monoisotopic (exact) mass is 373 g/mol. The Labute approximate surface area is 129 Å². The van der Waals surface area contributed by atoms with Crippen LogP contribution in [0.1, 0.15) is 6.42 Å². The molecule has 0 aliphatic carbocycles. The topological polar surface area (TPSA) is 95.6 Å². The Bertz CT molecular complexity index is 736. The van der Waals surface area contributed by atoms with Gasteiger partial charge in [0.1, 0.15) is 5.54 Å². The zero-order chi connectivity index (χ0) is 15.3. The van der Waals surface area contributed by atoms with E-state index in [0.717, 1.165) is 0 Å². The fourth-order valence-electron chi connectivity index (χ4n) is 2.57. The Kier molecular flexibility index (Phi) is 3.30. The lowest BCUT2D eigenvalue weighted by Gasteiger charge is -2.21. The van der Waals surface area contributed by atoms with E-state index in [1.165, 1.54) is 16.4 Å². The van der Waals surface area contributed by atoms with Gasteiger partial charge in [0.15, 0.2) is 0 Å². The van der Waals surface area contributed by atoms with Crippen molar-refractivity contribution in [3.8, 4) is 0 Å². The molecule has 0 radical (unpaired) electrons. The van der Waals surface area contributed by atoms with Gasteiger partial charge >= 0.3 is 6.03 Å². The fourth-order valence-corrected chi connectivity index (χ4v) is 4.67. The molecule has 1 aromatic rings. The van der Waals surface area contributed by atoms with Crippen LogP contribution >= 0.6 is 15.9 Å². The van der Waals surface area contributed by atoms with Crippen LogP contribution in [-0.2, 0) is 14.8 Å². The summed E-state index contributed by atoms with van der Waals surface area (Å²) in [6, 6.07) is 5.79. The Morgan fingerprint density at radius 2 is 2.05 bits per heavy atom. The van der Waals surface area contributed by atoms with Gasteiger partial charge in [0.25, 0.3) is 5.91 Å². The maximum Gasteiger partial charge on any atom is 0.322 e. The van der Waals surface area contributed by atoms with E-state index in [0.29, 0.717) is 4.47 Å². The number of nitrogens with zero attached hydrogens (tertiary/aromatic N) is 1. The maximum atomic E-state index is 12.6. The van der Waals surface area contributed by atoms with Gasteiger partial charge in [-0.25, -0.2) is 13.2 Å². The summed E-state index contributed by atoms with van der Waals surface area (Å²) in [5, 5.41) is 4.68. The zero-order valence-electron chi connectivity index (χ0n) is 10.8. The van der Waals surface area contributed by atoms with Gasteiger partial charge in [-0.15, -0.1) is 0 Å². The summed E-state index contributed by atoms with van der Waals surface area (Å²) in [6.07, 6.45) is 0.262. The second kappa shape index (κ2) is 4.79. The number of amides is 3. The molecule has 0 saturated carbocycles. The van der Waals surface area contributed by atoms with Gasteiger partial charge in [-0.1, -0.05) is 22.0 Å². The number of benzene rings is 1. The second-order valence-corrected chi connectivity index (χ2v) is 7.89. The molecule has 0 bridgehead atoms. The van der Waals surface area contributed by atoms with Crippen LogP contribution in [0.5, 0.6) is 0 Å². The molecular weight excluding hydrogens is 362 g/mol. The van der Waals surface area contributed by atoms with E-state index in [1.54, 1.807) is 12.1 Å². The number of rotatable bonds is 2. The average molecular weight is 374 g/mol. The number of hydrogen-bond acceptors (Lipinski definition) is 4. The molecule has 2 heterocycles. The third-order valence-electron chi connectivity index (χ3n) is 3.68. The molecule has 7 nitrogen and oxygen atoms in total. The molecule has 2 fully saturated rings. The van der Waals surface area contributed by atoms with Gasteiger partial charge in [-0.05, 0) is 24.6 Å². The minimum absolute atomic E-state index is 0.0561. The summed E-state index contributed by atoms with van der Waals surface area (Å²) in [5.41, 5.74) is -1.14. The Morgan fingerprint density at radius 1 is 1.29 bits per heavy atom. The van der Waals surface area contributed by atoms with E-state index >= 15 is 0 Å². The first kappa shape index (κ1) is 14.5. The molecule has 2 N–H and O–H groups in total. The Hall–Kier alpha value is -1.45. The highest BCUT2D eigenvalue weighted by Crippen LogP contribution is 2.30. The van der Waals surface area contributed by atoms with Crippen molar-refractivity contribution < 1.29 is 18.0 Å². The molecule has 0 aromatic heterocycles. The van der Waals surface area contributed by atoms with Gasteiger partial charge in [-0.2, -0.15) is 4.31 Å². The summed E-state index contributed by atoms with van der Waals surface area (Å²) < 4.78 is 27.0. The van der Waals surface area contributed by atoms with Gasteiger partial charge in [-0.3, -0.25) is 10.1 Å². The molecule has 112 valence electrons. The van der Waals surface area contributed by atoms with E-state index in [2.05, 4.69) is 26.6 Å². The fraction of sp³-hybridized carbons (Fsp3) is 0.333. The van der Waals surface area contributed by atoms with Gasteiger partial charge in [0.05, 0.1) is 4.90 Å². The van der Waals surface area contributed by atoms with Crippen LogP contribution in [0.2, 0.25) is 0 Å². The molecule has 2 saturated heterocycles. The van der Waals surface area contributed by atoms with E-state index in [1.807, 2.05) is 0 Å². The summed E-state index contributed by atoms with van der Waals surface area (Å²) in [6.45, 7) is 0.127. The van der Waals surface area contributed by atoms with Crippen LogP contribution in [0.25, 0.3) is 0 Å². The van der Waals surface area contributed by atoms with Gasteiger partial charge in [0, 0.05) is 17.6 Å². The number of nitrogens with one attached hydrogen (secondary N) is 2. The summed E-state index contributed by atoms with van der Waals surface area (Å²) in [5.74, 6) is -0.473. The van der Waals surface area contributed by atoms with Crippen LogP contribution in [0.4, 0.5) is 4.79 Å². The second-order valence-electron chi connectivity index (χ2n) is 5.04. The SMILES string of the molecule is O=C1NC(=O)C2(CCN(S(=O)(=O)c3cccc(Br)c3)C2)N1. The van der Waals surface area contributed by atoms with Crippen LogP contribution in [0.15, 0.2) is 33.6 Å². The summed E-state index contributed by atoms with van der Waals surface area (Å²) in [7, 11) is -3.69. The molecule has 21 heavy (non-hydrogen) atoms. The van der Waals surface area contributed by atoms with E-state index < -0.39 is 27.5 Å². The average Bonchev–Trinajstić information content (AvgIpc) is 2.95. The molecule has 2 aliphatic rings. The lowest BCUT2D eigenvalue weighted by Crippen LogP contribution is -2.49. The van der Waals surface area contributed by atoms with Crippen molar-refractivity contribution in [2.45, 2.75) is 16.9 Å². The number of carbonyl (C=O) groups is 2. The minimum atomic E-state index is -3.69. The highest BCUT2D eigenvalue weighted by atomic mass is 79.9. The molecule has 1 atom stereocenters. The van der Waals surface area contributed by atoms with Crippen molar-refractivity contribution in [2.75, 3.05) is 13.1 Å². The van der Waals surface area contributed by atoms with Crippen LogP contribution in [-0.4, -0.2) is 43.3 Å². The van der Waals surface area contributed by atoms with Crippen molar-refractivity contribution in [1.82, 2.24) is 14.9 Å². The van der Waals surface area contributed by atoms with E-state index in [-0.39, 0.29) is 24.4 Å². The first-order valence-corrected chi connectivity index (χ1v) is 8.46. The van der Waals surface area contributed by atoms with Gasteiger partial charge in [0.2, 0.25) is 10.0 Å². The van der Waals surface area contributed by atoms with Crippen LogP contribution in [0, 0.1) is 0 Å². The third kappa shape index (κ3) is 2.34. The third-order valence-corrected chi connectivity index (χ3v) is 6.02. The molecular formula is C12H12BrN3O4S. The highest BCUT2D eigenvalue weighted by molar-refractivity contribution is 9.10. The smallest absolute Gasteiger partial charge is 0.322 e. The largest absolute Gasteiger partial charge is 0.322 e. The predicted molar refractivity (Wildman–Crippen MR) is 76.9 cm³/mol.